The molecule has 0 atom stereocenters. The molecule has 0 radical (unpaired) electrons. The average Bonchev–Trinajstić information content (AvgIpc) is 3.13. The van der Waals surface area contributed by atoms with Crippen LogP contribution in [0.2, 0.25) is 0 Å². The lowest BCUT2D eigenvalue weighted by atomic mass is 10.0. The summed E-state index contributed by atoms with van der Waals surface area (Å²) in [6, 6.07) is 16.3. The topological polar surface area (TPSA) is 112 Å². The van der Waals surface area contributed by atoms with Crippen molar-refractivity contribution in [2.45, 2.75) is 25.8 Å². The van der Waals surface area contributed by atoms with Crippen molar-refractivity contribution in [3.63, 3.8) is 0 Å². The Morgan fingerprint density at radius 2 is 1.90 bits per heavy atom. The standard InChI is InChI=1S/C23H27N5O2/c24-28-23(29)12-11-17-7-9-18(10-8-17)16-25-15-13-20-19-4-1-2-5-21(19)27-22(20)6-3-14-26-30/h1-2,4-5,7-12,25,27H,3,6,13-16,24H2,(H,28,29)/b12-11+. The number of hydrazine groups is 1. The Balaban J connectivity index is 1.55. The Kier molecular flexibility index (Phi) is 7.88. The van der Waals surface area contributed by atoms with Gasteiger partial charge in [0.05, 0.1) is 6.54 Å². The van der Waals surface area contributed by atoms with Crippen molar-refractivity contribution in [3.05, 3.63) is 81.9 Å². The molecular formula is C23H27N5O2. The molecule has 30 heavy (non-hydrogen) atoms. The normalized spacial score (nSPS) is 11.2. The Labute approximate surface area is 175 Å². The van der Waals surface area contributed by atoms with E-state index in [2.05, 4.69) is 39.1 Å². The van der Waals surface area contributed by atoms with Crippen LogP contribution in [0.4, 0.5) is 0 Å². The van der Waals surface area contributed by atoms with Crippen molar-refractivity contribution >= 4 is 22.9 Å². The van der Waals surface area contributed by atoms with Crippen LogP contribution in [0.5, 0.6) is 0 Å². The molecule has 0 bridgehead atoms. The maximum absolute atomic E-state index is 11.1. The molecule has 7 nitrogen and oxygen atoms in total. The predicted octanol–water partition coefficient (Wildman–Crippen LogP) is 3.20. The lowest BCUT2D eigenvalue weighted by molar-refractivity contribution is -0.116. The first-order valence-electron chi connectivity index (χ1n) is 10.1. The van der Waals surface area contributed by atoms with Crippen LogP contribution in [0, 0.1) is 4.91 Å². The van der Waals surface area contributed by atoms with Crippen molar-refractivity contribution in [1.82, 2.24) is 15.7 Å². The van der Waals surface area contributed by atoms with Crippen molar-refractivity contribution in [1.29, 1.82) is 0 Å². The molecule has 0 fully saturated rings. The number of H-pyrrole nitrogens is 1. The number of carbonyl (C=O) groups excluding carboxylic acids is 1. The second-order valence-corrected chi connectivity index (χ2v) is 7.09. The van der Waals surface area contributed by atoms with Gasteiger partial charge >= 0.3 is 0 Å². The number of aromatic amines is 1. The quantitative estimate of drug-likeness (QED) is 0.0980. The number of nitrogens with two attached hydrogens (primary N) is 1. The summed E-state index contributed by atoms with van der Waals surface area (Å²) in [4.78, 5) is 25.0. The average molecular weight is 406 g/mol. The van der Waals surface area contributed by atoms with Gasteiger partial charge < -0.3 is 10.3 Å². The summed E-state index contributed by atoms with van der Waals surface area (Å²) in [6.45, 7) is 1.95. The molecular weight excluding hydrogens is 378 g/mol. The summed E-state index contributed by atoms with van der Waals surface area (Å²) in [5, 5.41) is 7.71. The fraction of sp³-hybridized carbons (Fsp3) is 0.261. The molecule has 7 heteroatoms. The molecule has 1 aromatic heterocycles. The second-order valence-electron chi connectivity index (χ2n) is 7.09. The highest BCUT2D eigenvalue weighted by atomic mass is 16.3. The molecule has 5 N–H and O–H groups in total. The van der Waals surface area contributed by atoms with E-state index < -0.39 is 0 Å². The van der Waals surface area contributed by atoms with Crippen molar-refractivity contribution in [2.24, 2.45) is 11.0 Å². The first-order chi connectivity index (χ1) is 14.7. The van der Waals surface area contributed by atoms with E-state index in [1.807, 2.05) is 30.3 Å². The Morgan fingerprint density at radius 3 is 2.67 bits per heavy atom. The minimum atomic E-state index is -0.334. The Morgan fingerprint density at radius 1 is 1.10 bits per heavy atom. The molecule has 0 saturated carbocycles. The number of amides is 1. The first-order valence-corrected chi connectivity index (χ1v) is 10.1. The highest BCUT2D eigenvalue weighted by Crippen LogP contribution is 2.24. The van der Waals surface area contributed by atoms with Crippen molar-refractivity contribution < 1.29 is 4.79 Å². The van der Waals surface area contributed by atoms with Gasteiger partial charge in [0, 0.05) is 29.2 Å². The van der Waals surface area contributed by atoms with Crippen molar-refractivity contribution in [3.8, 4) is 0 Å². The van der Waals surface area contributed by atoms with E-state index in [1.54, 1.807) is 6.08 Å². The SMILES string of the molecule is NNC(=O)/C=C/c1ccc(CNCCc2c(CCCN=O)[nH]c3ccccc23)cc1. The number of nitrogens with zero attached hydrogens (tertiary/aromatic N) is 1. The summed E-state index contributed by atoms with van der Waals surface area (Å²) in [5.74, 6) is 4.72. The highest BCUT2D eigenvalue weighted by molar-refractivity contribution is 5.91. The number of para-hydroxylation sites is 1. The summed E-state index contributed by atoms with van der Waals surface area (Å²) in [5.41, 5.74) is 7.81. The zero-order chi connectivity index (χ0) is 21.2. The summed E-state index contributed by atoms with van der Waals surface area (Å²) in [6.07, 6.45) is 5.61. The summed E-state index contributed by atoms with van der Waals surface area (Å²) in [7, 11) is 0. The van der Waals surface area contributed by atoms with Gasteiger partial charge in [-0.3, -0.25) is 10.2 Å². The van der Waals surface area contributed by atoms with Crippen LogP contribution in [0.25, 0.3) is 17.0 Å². The van der Waals surface area contributed by atoms with E-state index in [9.17, 15) is 9.70 Å². The molecule has 0 unspecified atom stereocenters. The minimum absolute atomic E-state index is 0.334. The maximum atomic E-state index is 11.1. The molecule has 0 saturated heterocycles. The minimum Gasteiger partial charge on any atom is -0.358 e. The summed E-state index contributed by atoms with van der Waals surface area (Å²) >= 11 is 0. The lowest BCUT2D eigenvalue weighted by Gasteiger charge is -2.07. The molecule has 3 rings (SSSR count). The van der Waals surface area contributed by atoms with Crippen LogP contribution in [-0.2, 0) is 24.2 Å². The van der Waals surface area contributed by atoms with Gasteiger partial charge in [-0.05, 0) is 54.6 Å². The fourth-order valence-corrected chi connectivity index (χ4v) is 3.49. The number of nitrogens with one attached hydrogen (secondary N) is 3. The van der Waals surface area contributed by atoms with E-state index in [-0.39, 0.29) is 5.91 Å². The van der Waals surface area contributed by atoms with Gasteiger partial charge in [-0.25, -0.2) is 5.84 Å². The van der Waals surface area contributed by atoms with Gasteiger partial charge in [0.15, 0.2) is 0 Å². The van der Waals surface area contributed by atoms with Gasteiger partial charge in [-0.2, -0.15) is 4.91 Å². The number of hydrogen-bond donors (Lipinski definition) is 4. The maximum Gasteiger partial charge on any atom is 0.257 e. The van der Waals surface area contributed by atoms with Crippen LogP contribution in [-0.4, -0.2) is 24.0 Å². The van der Waals surface area contributed by atoms with Gasteiger partial charge in [0.1, 0.15) is 0 Å². The van der Waals surface area contributed by atoms with E-state index in [1.165, 1.54) is 28.3 Å². The number of carbonyl (C=O) groups is 1. The van der Waals surface area contributed by atoms with Crippen LogP contribution < -0.4 is 16.6 Å². The third-order valence-corrected chi connectivity index (χ3v) is 5.01. The molecule has 3 aromatic rings. The van der Waals surface area contributed by atoms with Gasteiger partial charge in [0.25, 0.3) is 5.91 Å². The Hall–Kier alpha value is -3.29. The third-order valence-electron chi connectivity index (χ3n) is 5.01. The molecule has 1 amide bonds. The number of aryl methyl sites for hydroxylation is 1. The molecule has 1 heterocycles. The number of fused-ring (bicyclic) bond motifs is 1. The molecule has 2 aromatic carbocycles. The molecule has 0 spiro atoms. The molecule has 156 valence electrons. The lowest BCUT2D eigenvalue weighted by Crippen LogP contribution is -2.27. The van der Waals surface area contributed by atoms with E-state index in [0.29, 0.717) is 6.54 Å². The monoisotopic (exact) mass is 405 g/mol. The van der Waals surface area contributed by atoms with Gasteiger partial charge in [0.2, 0.25) is 0 Å². The number of aromatic nitrogens is 1. The van der Waals surface area contributed by atoms with E-state index in [4.69, 9.17) is 5.84 Å². The number of hydrogen-bond acceptors (Lipinski definition) is 5. The zero-order valence-electron chi connectivity index (χ0n) is 16.9. The van der Waals surface area contributed by atoms with Crippen LogP contribution >= 0.6 is 0 Å². The van der Waals surface area contributed by atoms with E-state index in [0.717, 1.165) is 43.4 Å². The molecule has 0 aliphatic heterocycles. The van der Waals surface area contributed by atoms with Crippen molar-refractivity contribution in [2.75, 3.05) is 13.1 Å². The smallest absolute Gasteiger partial charge is 0.257 e. The largest absolute Gasteiger partial charge is 0.358 e. The first kappa shape index (κ1) is 21.4. The second kappa shape index (κ2) is 11.0. The van der Waals surface area contributed by atoms with Gasteiger partial charge in [-0.1, -0.05) is 47.6 Å². The van der Waals surface area contributed by atoms with Gasteiger partial charge in [-0.15, -0.1) is 0 Å². The third kappa shape index (κ3) is 5.85. The van der Waals surface area contributed by atoms with Crippen LogP contribution in [0.3, 0.4) is 0 Å². The summed E-state index contributed by atoms with van der Waals surface area (Å²) < 4.78 is 0. The number of nitroso groups, excluding NO2 is 1. The van der Waals surface area contributed by atoms with E-state index >= 15 is 0 Å². The van der Waals surface area contributed by atoms with Crippen LogP contribution in [0.15, 0.2) is 59.8 Å². The zero-order valence-corrected chi connectivity index (χ0v) is 16.9. The number of rotatable bonds is 11. The molecule has 0 aliphatic rings. The highest BCUT2D eigenvalue weighted by Gasteiger charge is 2.10. The predicted molar refractivity (Wildman–Crippen MR) is 120 cm³/mol. The number of benzene rings is 2. The Bertz CT molecular complexity index is 1010. The molecule has 0 aliphatic carbocycles. The fourth-order valence-electron chi connectivity index (χ4n) is 3.49. The van der Waals surface area contributed by atoms with Crippen LogP contribution in [0.1, 0.15) is 28.8 Å².